The van der Waals surface area contributed by atoms with Gasteiger partial charge in [-0.2, -0.15) is 0 Å². The Kier molecular flexibility index (Phi) is 30.5. The lowest BCUT2D eigenvalue weighted by Crippen LogP contribution is -2.44. The van der Waals surface area contributed by atoms with Crippen molar-refractivity contribution in [2.45, 2.75) is 96.3 Å². The number of amides is 5. The average Bonchev–Trinajstić information content (AvgIpc) is 1.66. The zero-order valence-electron chi connectivity index (χ0n) is 68.0. The van der Waals surface area contributed by atoms with Crippen molar-refractivity contribution in [3.8, 4) is 33.4 Å². The first kappa shape index (κ1) is 94.2. The summed E-state index contributed by atoms with van der Waals surface area (Å²) >= 11 is 18.6. The van der Waals surface area contributed by atoms with Gasteiger partial charge in [-0.3, -0.25) is 43.2 Å². The molecule has 6 N–H and O–H groups in total. The van der Waals surface area contributed by atoms with E-state index in [1.807, 2.05) is 0 Å². The summed E-state index contributed by atoms with van der Waals surface area (Å²) in [5.74, 6) is -9.15. The van der Waals surface area contributed by atoms with Crippen LogP contribution in [0.3, 0.4) is 0 Å². The predicted molar refractivity (Wildman–Crippen MR) is 470 cm³/mol. The molecule has 0 radical (unpaired) electrons. The third-order valence-electron chi connectivity index (χ3n) is 21.2. The highest BCUT2D eigenvalue weighted by Gasteiger charge is 2.42. The van der Waals surface area contributed by atoms with E-state index in [0.29, 0.717) is 81.2 Å². The number of benzene rings is 9. The number of fused-ring (bicyclic) bond motifs is 3. The van der Waals surface area contributed by atoms with Crippen LogP contribution in [0.1, 0.15) is 104 Å². The molecule has 25 nitrogen and oxygen atoms in total. The second-order valence-electron chi connectivity index (χ2n) is 29.6. The van der Waals surface area contributed by atoms with Gasteiger partial charge in [0.05, 0.1) is 67.1 Å². The minimum absolute atomic E-state index is 0. The molecule has 0 unspecified atom stereocenters. The molecule has 3 aliphatic heterocycles. The molecule has 3 fully saturated rings. The van der Waals surface area contributed by atoms with Crippen LogP contribution >= 0.6 is 47.2 Å². The molecule has 3 saturated heterocycles. The summed E-state index contributed by atoms with van der Waals surface area (Å²) < 4.78 is 102. The number of ketones is 3. The standard InChI is InChI=1S/C31H26ClF2N3O5.C30H24ClF2N3O5.C17H15ClF2N2O.C14H13NO5.ClH.H2/c1-17(38)23-15-36(26-11-10-18(12-22(23)26)31(41)42-2)16-28(39)37-14-19(33)13-27(37)30(40)35-25-9-5-7-21(29(25)34)20-6-3-4-8-24(20)32;1-16(37)22-14-35(25-10-9-17(30(40)41)11-21(22)25)15-27(38)36-13-18(32)12-26(36)29(39)34-24-8-4-6-20(28(24)33)19-5-2-3-7-23(19)31;18-13-6-2-1-4-11(13)12-5-3-7-14(16(12)20)22-17(23)15-8-10(19)9-21-15;1-8(16)11-6-15(7-13(17)18)12-4-3-9(5-10(11)12)14(19)20-2;;/h3-12,15,19,27H,13-14,16H2,1-2H3,(H,35,40);2-11,14,18,26H,12-13,15H2,1H3,(H,34,39)(H,40,41);1-7,10,15,21H,8-9H2,(H,22,23);3-6H,7H2,1-2H3,(H,17,18);2*1H/t19-,27+;18-,26+;10-,15+;;;/m111.../s1/i;;;;;1+1. The zero-order valence-corrected chi connectivity index (χ0v) is 71.1. The molecule has 127 heavy (non-hydrogen) atoms. The molecule has 0 aliphatic carbocycles. The number of ether oxygens (including phenoxy) is 2. The molecule has 12 aromatic rings. The van der Waals surface area contributed by atoms with Crippen molar-refractivity contribution in [1.82, 2.24) is 28.8 Å². The largest absolute Gasteiger partial charge is 0.480 e. The van der Waals surface area contributed by atoms with Crippen LogP contribution in [0.5, 0.6) is 0 Å². The number of alkyl halides is 3. The van der Waals surface area contributed by atoms with Crippen LogP contribution in [-0.4, -0.2) is 175 Å². The predicted octanol–water partition coefficient (Wildman–Crippen LogP) is 17.4. The van der Waals surface area contributed by atoms with Gasteiger partial charge in [-0.05, 0) is 112 Å². The van der Waals surface area contributed by atoms with Gasteiger partial charge in [0.15, 0.2) is 34.8 Å². The summed E-state index contributed by atoms with van der Waals surface area (Å²) in [6, 6.07) is 44.3. The van der Waals surface area contributed by atoms with Gasteiger partial charge in [0.25, 0.3) is 0 Å². The number of Topliss-reactive ketones (excluding diaryl/α,β-unsaturated/α-hetero) is 3. The number of carboxylic acids is 2. The molecular weight excluding hydrogens is 1740 g/mol. The summed E-state index contributed by atoms with van der Waals surface area (Å²) in [6.07, 6.45) is 0.00383. The van der Waals surface area contributed by atoms with Crippen LogP contribution in [0.2, 0.25) is 15.1 Å². The maximum absolute atomic E-state index is 15.4. The SMILES string of the molecule is CC(=O)c1cn(CC(=O)N2C[C@H](F)C[C@H]2C(=O)Nc2cccc(-c3ccccc3Cl)c2F)c2ccc(C(=O)O)cc12.COC(=O)c1ccc2c(c1)c(C(C)=O)cn2CC(=O)N1C[C@H](F)C[C@H]1C(=O)Nc1cccc(-c2ccccc2Cl)c1F.COC(=O)c1ccc2c(c1)c(C(C)=O)cn2CC(=O)O.Cl.O=C(Nc1cccc(-c2ccccc2Cl)c1F)[C@@H]1C[C@@H](F)CN1.[2HH]. The lowest BCUT2D eigenvalue weighted by Gasteiger charge is -2.24. The summed E-state index contributed by atoms with van der Waals surface area (Å²) in [6.45, 7) is 2.69. The van der Waals surface area contributed by atoms with E-state index < -0.39 is 108 Å². The van der Waals surface area contributed by atoms with E-state index in [9.17, 15) is 80.2 Å². The third-order valence-corrected chi connectivity index (χ3v) is 22.2. The molecule has 3 aromatic heterocycles. The van der Waals surface area contributed by atoms with Crippen molar-refractivity contribution >= 4 is 168 Å². The monoisotopic (exact) mass is 1820 g/mol. The molecule has 3 aliphatic rings. The average molecular weight is 1830 g/mol. The van der Waals surface area contributed by atoms with Gasteiger partial charge in [-0.15, -0.1) is 12.4 Å². The van der Waals surface area contributed by atoms with Crippen LogP contribution in [0.15, 0.2) is 201 Å². The van der Waals surface area contributed by atoms with Gasteiger partial charge in [0, 0.05) is 144 Å². The number of nitrogens with one attached hydrogen (secondary N) is 4. The van der Waals surface area contributed by atoms with Crippen molar-refractivity contribution in [3.05, 3.63) is 266 Å². The van der Waals surface area contributed by atoms with Gasteiger partial charge in [0.2, 0.25) is 29.5 Å². The summed E-state index contributed by atoms with van der Waals surface area (Å²) in [5, 5.41) is 30.9. The Bertz CT molecular complexity index is 6370. The Morgan fingerprint density at radius 2 is 0.748 bits per heavy atom. The first-order chi connectivity index (χ1) is 60.1. The van der Waals surface area contributed by atoms with Gasteiger partial charge in [0.1, 0.15) is 50.2 Å². The van der Waals surface area contributed by atoms with Crippen molar-refractivity contribution in [1.29, 1.82) is 0 Å². The van der Waals surface area contributed by atoms with Gasteiger partial charge >= 0.3 is 23.9 Å². The highest BCUT2D eigenvalue weighted by atomic mass is 35.5. The molecule has 660 valence electrons. The van der Waals surface area contributed by atoms with Crippen LogP contribution in [0, 0.1) is 17.5 Å². The first-order valence-corrected chi connectivity index (χ1v) is 40.1. The van der Waals surface area contributed by atoms with Gasteiger partial charge in [-0.1, -0.05) is 126 Å². The van der Waals surface area contributed by atoms with Crippen LogP contribution < -0.4 is 21.3 Å². The van der Waals surface area contributed by atoms with E-state index in [0.717, 1.165) is 9.80 Å². The molecule has 6 atom stereocenters. The van der Waals surface area contributed by atoms with E-state index >= 15 is 8.78 Å². The number of carboxylic acid groups (broad SMARTS) is 2. The number of hydrogen-bond acceptors (Lipinski definition) is 15. The smallest absolute Gasteiger partial charge is 0.337 e. The van der Waals surface area contributed by atoms with Crippen molar-refractivity contribution in [2.24, 2.45) is 0 Å². The number of halogens is 10. The molecule has 0 saturated carbocycles. The number of hydrogen-bond donors (Lipinski definition) is 6. The second-order valence-corrected chi connectivity index (χ2v) is 30.8. The molecular formula is C92H81Cl4F6N9O16. The number of esters is 2. The molecule has 9 aromatic carbocycles. The quantitative estimate of drug-likeness (QED) is 0.0221. The van der Waals surface area contributed by atoms with Gasteiger partial charge in [-0.25, -0.2) is 40.7 Å². The number of anilines is 3. The molecule has 5 amide bonds. The summed E-state index contributed by atoms with van der Waals surface area (Å²) in [5.41, 5.74) is 4.80. The number of methoxy groups -OCH3 is 2. The fraction of sp³-hybridized carbons (Fsp3) is 0.217. The van der Waals surface area contributed by atoms with Crippen LogP contribution in [-0.2, 0) is 57.9 Å². The van der Waals surface area contributed by atoms with Crippen LogP contribution in [0.4, 0.5) is 43.4 Å². The molecule has 0 bridgehead atoms. The number of aromatic carboxylic acids is 1. The van der Waals surface area contributed by atoms with Gasteiger partial charge < -0.3 is 64.5 Å². The Morgan fingerprint density at radius 1 is 0.425 bits per heavy atom. The fourth-order valence-corrected chi connectivity index (χ4v) is 15.8. The summed E-state index contributed by atoms with van der Waals surface area (Å²) in [7, 11) is 2.51. The minimum atomic E-state index is -1.47. The van der Waals surface area contributed by atoms with Crippen molar-refractivity contribution in [2.75, 3.05) is 49.8 Å². The van der Waals surface area contributed by atoms with E-state index in [2.05, 4.69) is 26.0 Å². The zero-order chi connectivity index (χ0) is 90.8. The van der Waals surface area contributed by atoms with E-state index in [-0.39, 0.29) is 140 Å². The van der Waals surface area contributed by atoms with Crippen molar-refractivity contribution in [3.63, 3.8) is 0 Å². The summed E-state index contributed by atoms with van der Waals surface area (Å²) in [4.78, 5) is 150. The number of aromatic nitrogens is 3. The molecule has 35 heteroatoms. The normalized spacial score (nSPS) is 16.2. The minimum Gasteiger partial charge on any atom is -0.480 e. The first-order valence-electron chi connectivity index (χ1n) is 38.9. The van der Waals surface area contributed by atoms with Crippen LogP contribution in [0.25, 0.3) is 66.1 Å². The molecule has 15 rings (SSSR count). The lowest BCUT2D eigenvalue weighted by atomic mass is 10.0. The van der Waals surface area contributed by atoms with E-state index in [1.54, 1.807) is 109 Å². The number of likely N-dealkylation sites (tertiary alicyclic amines) is 2. The third kappa shape index (κ3) is 21.4. The second kappa shape index (κ2) is 41.1. The van der Waals surface area contributed by atoms with Crippen molar-refractivity contribution < 1.29 is 105 Å². The Balaban J connectivity index is 0.000000185. The van der Waals surface area contributed by atoms with E-state index in [4.69, 9.17) is 44.6 Å². The Labute approximate surface area is 743 Å². The Morgan fingerprint density at radius 3 is 1.06 bits per heavy atom. The Hall–Kier alpha value is -13.5. The lowest BCUT2D eigenvalue weighted by molar-refractivity contribution is -0.138. The molecule has 0 spiro atoms. The number of carbonyl (C=O) groups is 12. The highest BCUT2D eigenvalue weighted by Crippen LogP contribution is 2.38. The molecule has 6 heterocycles. The number of carbonyl (C=O) groups excluding carboxylic acids is 10. The fourth-order valence-electron chi connectivity index (χ4n) is 15.1. The number of nitrogens with zero attached hydrogens (tertiary/aromatic N) is 5. The number of rotatable bonds is 21. The highest BCUT2D eigenvalue weighted by molar-refractivity contribution is 6.34. The number of aliphatic carboxylic acids is 1. The maximum atomic E-state index is 15.4. The van der Waals surface area contributed by atoms with E-state index in [1.165, 1.54) is 140 Å². The maximum Gasteiger partial charge on any atom is 0.337 e. The topological polar surface area (TPSA) is 333 Å².